The van der Waals surface area contributed by atoms with E-state index in [1.165, 1.54) is 17.4 Å². The van der Waals surface area contributed by atoms with Gasteiger partial charge in [0.05, 0.1) is 15.6 Å². The molecule has 1 N–H and O–H groups in total. The number of nitrogens with zero attached hydrogens (tertiary/aromatic N) is 2. The summed E-state index contributed by atoms with van der Waals surface area (Å²) in [5.41, 5.74) is 4.19. The fraction of sp³-hybridized carbons (Fsp3) is 0.111. The molecule has 120 valence electrons. The van der Waals surface area contributed by atoms with Gasteiger partial charge in [0.2, 0.25) is 0 Å². The van der Waals surface area contributed by atoms with Gasteiger partial charge in [0.25, 0.3) is 5.56 Å². The van der Waals surface area contributed by atoms with E-state index in [0.29, 0.717) is 20.1 Å². The summed E-state index contributed by atoms with van der Waals surface area (Å²) < 4.78 is 2.14. The van der Waals surface area contributed by atoms with Crippen LogP contribution in [0.15, 0.2) is 35.1 Å². The number of benzene rings is 2. The Morgan fingerprint density at radius 2 is 2.04 bits per heavy atom. The molecule has 24 heavy (non-hydrogen) atoms. The Balaban J connectivity index is 2.05. The molecule has 0 atom stereocenters. The van der Waals surface area contributed by atoms with Crippen LogP contribution in [0.25, 0.3) is 22.1 Å². The molecule has 0 unspecified atom stereocenters. The number of aromatic hydroxyl groups is 1. The largest absolute Gasteiger partial charge is 0.507 e. The van der Waals surface area contributed by atoms with Crippen molar-refractivity contribution in [1.29, 1.82) is 0 Å². The van der Waals surface area contributed by atoms with Crippen molar-refractivity contribution in [2.24, 2.45) is 0 Å². The average Bonchev–Trinajstić information content (AvgIpc) is 3.01. The molecule has 0 aliphatic carbocycles. The summed E-state index contributed by atoms with van der Waals surface area (Å²) in [4.78, 5) is 18.1. The van der Waals surface area contributed by atoms with Crippen LogP contribution >= 0.6 is 22.9 Å². The summed E-state index contributed by atoms with van der Waals surface area (Å²) in [6, 6.07) is 8.77. The molecular formula is C18H13ClN2O2S. The van der Waals surface area contributed by atoms with Crippen LogP contribution in [-0.2, 0) is 0 Å². The van der Waals surface area contributed by atoms with Crippen molar-refractivity contribution in [3.63, 3.8) is 0 Å². The molecule has 0 fully saturated rings. The molecule has 2 aromatic heterocycles. The Labute approximate surface area is 146 Å². The van der Waals surface area contributed by atoms with Gasteiger partial charge in [0, 0.05) is 10.6 Å². The molecule has 2 aromatic carbocycles. The minimum Gasteiger partial charge on any atom is -0.507 e. The predicted molar refractivity (Wildman–Crippen MR) is 98.2 cm³/mol. The van der Waals surface area contributed by atoms with Crippen LogP contribution in [0.1, 0.15) is 16.7 Å². The van der Waals surface area contributed by atoms with Crippen molar-refractivity contribution in [2.45, 2.75) is 13.8 Å². The molecule has 6 heteroatoms. The summed E-state index contributed by atoms with van der Waals surface area (Å²) in [6.07, 6.45) is 1.65. The van der Waals surface area contributed by atoms with Crippen LogP contribution < -0.4 is 10.1 Å². The Morgan fingerprint density at radius 1 is 1.25 bits per heavy atom. The maximum Gasteiger partial charge on any atom is 0.274 e. The van der Waals surface area contributed by atoms with Gasteiger partial charge in [0.15, 0.2) is 4.96 Å². The third-order valence-corrected chi connectivity index (χ3v) is 5.16. The van der Waals surface area contributed by atoms with Crippen LogP contribution in [0, 0.1) is 13.8 Å². The average molecular weight is 357 g/mol. The highest BCUT2D eigenvalue weighted by Crippen LogP contribution is 2.23. The Morgan fingerprint density at radius 3 is 2.83 bits per heavy atom. The number of hydrogen-bond acceptors (Lipinski definition) is 4. The van der Waals surface area contributed by atoms with E-state index in [4.69, 9.17) is 11.6 Å². The lowest BCUT2D eigenvalue weighted by Crippen LogP contribution is -2.22. The Hall–Kier alpha value is -2.37. The molecule has 4 aromatic rings. The zero-order chi connectivity index (χ0) is 17.0. The summed E-state index contributed by atoms with van der Waals surface area (Å²) in [6.45, 7) is 3.99. The summed E-state index contributed by atoms with van der Waals surface area (Å²) >= 11 is 7.27. The lowest BCUT2D eigenvalue weighted by molar-refractivity contribution is 0.474. The van der Waals surface area contributed by atoms with Crippen LogP contribution in [0.2, 0.25) is 5.02 Å². The molecule has 0 saturated carbocycles. The van der Waals surface area contributed by atoms with Crippen molar-refractivity contribution >= 4 is 45.0 Å². The fourth-order valence-electron chi connectivity index (χ4n) is 2.89. The highest BCUT2D eigenvalue weighted by Gasteiger charge is 2.13. The molecule has 0 bridgehead atoms. The standard InChI is InChI=1S/C18H13ClN2O2S/c1-9-5-10(2)16-13(6-9)21-17(23)15(24-18(21)20-16)8-11-7-12(19)3-4-14(11)22/h3-8,22H,1-2H3/b15-8-. The molecule has 0 aliphatic heterocycles. The second-order valence-electron chi connectivity index (χ2n) is 5.80. The first-order valence-electron chi connectivity index (χ1n) is 7.36. The van der Waals surface area contributed by atoms with Gasteiger partial charge in [0.1, 0.15) is 5.75 Å². The monoisotopic (exact) mass is 356 g/mol. The van der Waals surface area contributed by atoms with E-state index in [-0.39, 0.29) is 11.3 Å². The van der Waals surface area contributed by atoms with E-state index in [0.717, 1.165) is 22.2 Å². The number of halogens is 1. The van der Waals surface area contributed by atoms with Gasteiger partial charge in [-0.25, -0.2) is 9.38 Å². The quantitative estimate of drug-likeness (QED) is 0.568. The van der Waals surface area contributed by atoms with E-state index in [1.54, 1.807) is 22.6 Å². The zero-order valence-corrected chi connectivity index (χ0v) is 14.6. The summed E-state index contributed by atoms with van der Waals surface area (Å²) in [5.74, 6) is 0.0846. The third kappa shape index (κ3) is 2.28. The maximum absolute atomic E-state index is 12.8. The van der Waals surface area contributed by atoms with Crippen LogP contribution in [0.3, 0.4) is 0 Å². The number of fused-ring (bicyclic) bond motifs is 3. The highest BCUT2D eigenvalue weighted by molar-refractivity contribution is 7.15. The predicted octanol–water partition coefficient (Wildman–Crippen LogP) is 3.43. The second-order valence-corrected chi connectivity index (χ2v) is 7.24. The van der Waals surface area contributed by atoms with Crippen molar-refractivity contribution in [2.75, 3.05) is 0 Å². The normalized spacial score (nSPS) is 12.5. The lowest BCUT2D eigenvalue weighted by atomic mass is 10.1. The Kier molecular flexibility index (Phi) is 3.37. The van der Waals surface area contributed by atoms with E-state index in [9.17, 15) is 9.90 Å². The zero-order valence-electron chi connectivity index (χ0n) is 13.0. The summed E-state index contributed by atoms with van der Waals surface area (Å²) in [7, 11) is 0. The van der Waals surface area contributed by atoms with Gasteiger partial charge in [-0.05, 0) is 55.3 Å². The van der Waals surface area contributed by atoms with Crippen molar-refractivity contribution in [3.05, 3.63) is 66.9 Å². The van der Waals surface area contributed by atoms with Gasteiger partial charge in [-0.3, -0.25) is 4.79 Å². The minimum absolute atomic E-state index is 0.0846. The number of phenolic OH excluding ortho intramolecular Hbond substituents is 1. The van der Waals surface area contributed by atoms with Gasteiger partial charge in [-0.2, -0.15) is 0 Å². The van der Waals surface area contributed by atoms with Crippen molar-refractivity contribution < 1.29 is 5.11 Å². The van der Waals surface area contributed by atoms with Gasteiger partial charge < -0.3 is 5.11 Å². The van der Waals surface area contributed by atoms with Crippen molar-refractivity contribution in [3.8, 4) is 5.75 Å². The molecule has 0 radical (unpaired) electrons. The molecule has 0 amide bonds. The molecular weight excluding hydrogens is 344 g/mol. The molecule has 4 nitrogen and oxygen atoms in total. The molecule has 0 aliphatic rings. The van der Waals surface area contributed by atoms with E-state index >= 15 is 0 Å². The van der Waals surface area contributed by atoms with Crippen LogP contribution in [-0.4, -0.2) is 14.5 Å². The van der Waals surface area contributed by atoms with E-state index in [2.05, 4.69) is 11.1 Å². The first kappa shape index (κ1) is 15.2. The second kappa shape index (κ2) is 5.33. The van der Waals surface area contributed by atoms with E-state index < -0.39 is 0 Å². The smallest absolute Gasteiger partial charge is 0.274 e. The number of thiazole rings is 1. The van der Waals surface area contributed by atoms with Crippen molar-refractivity contribution in [1.82, 2.24) is 9.38 Å². The Bertz CT molecular complexity index is 1220. The number of hydrogen-bond donors (Lipinski definition) is 1. The number of imidazole rings is 1. The summed E-state index contributed by atoms with van der Waals surface area (Å²) in [5, 5.41) is 10.5. The number of aromatic nitrogens is 2. The van der Waals surface area contributed by atoms with Gasteiger partial charge in [-0.15, -0.1) is 0 Å². The fourth-order valence-corrected chi connectivity index (χ4v) is 4.04. The van der Waals surface area contributed by atoms with Crippen LogP contribution in [0.4, 0.5) is 0 Å². The third-order valence-electron chi connectivity index (χ3n) is 3.96. The lowest BCUT2D eigenvalue weighted by Gasteiger charge is -1.98. The number of aryl methyl sites for hydroxylation is 2. The number of phenols is 1. The SMILES string of the molecule is Cc1cc(C)c2nc3s/c(=C\c4cc(Cl)ccc4O)c(=O)n3c2c1. The molecule has 2 heterocycles. The maximum atomic E-state index is 12.8. The molecule has 0 saturated heterocycles. The van der Waals surface area contributed by atoms with Gasteiger partial charge in [-0.1, -0.05) is 29.0 Å². The van der Waals surface area contributed by atoms with E-state index in [1.807, 2.05) is 19.9 Å². The number of rotatable bonds is 1. The topological polar surface area (TPSA) is 54.6 Å². The first-order valence-corrected chi connectivity index (χ1v) is 8.56. The van der Waals surface area contributed by atoms with Gasteiger partial charge >= 0.3 is 0 Å². The first-order chi connectivity index (χ1) is 11.4. The van der Waals surface area contributed by atoms with Crippen LogP contribution in [0.5, 0.6) is 5.75 Å². The molecule has 4 rings (SSSR count). The molecule has 0 spiro atoms. The minimum atomic E-state index is -0.137. The highest BCUT2D eigenvalue weighted by atomic mass is 35.5.